The van der Waals surface area contributed by atoms with Gasteiger partial charge in [-0.2, -0.15) is 0 Å². The molecule has 1 saturated carbocycles. The second-order valence-electron chi connectivity index (χ2n) is 7.95. The molecule has 0 aromatic heterocycles. The van der Waals surface area contributed by atoms with Crippen LogP contribution >= 0.6 is 0 Å². The molecule has 3 unspecified atom stereocenters. The number of nitrogens with zero attached hydrogens (tertiary/aromatic N) is 2. The molecule has 0 bridgehead atoms. The number of amides is 3. The third-order valence-corrected chi connectivity index (χ3v) is 5.78. The number of ether oxygens (including phenoxy) is 1. The Morgan fingerprint density at radius 1 is 1.04 bits per heavy atom. The molecule has 2 aliphatic heterocycles. The van der Waals surface area contributed by atoms with Crippen LogP contribution in [-0.2, 0) is 14.3 Å². The molecule has 26 heavy (non-hydrogen) atoms. The Bertz CT molecular complexity index is 545. The van der Waals surface area contributed by atoms with Crippen LogP contribution in [0.5, 0.6) is 0 Å². The Balaban J connectivity index is 1.40. The van der Waals surface area contributed by atoms with E-state index in [0.29, 0.717) is 32.0 Å². The molecule has 146 valence electrons. The largest absolute Gasteiger partial charge is 0.450 e. The lowest BCUT2D eigenvalue weighted by Crippen LogP contribution is -2.47. The third kappa shape index (κ3) is 4.48. The second kappa shape index (κ2) is 8.27. The van der Waals surface area contributed by atoms with Crippen LogP contribution in [0.25, 0.3) is 0 Å². The summed E-state index contributed by atoms with van der Waals surface area (Å²) in [6, 6.07) is 0.0829. The van der Waals surface area contributed by atoms with Crippen molar-refractivity contribution in [3.05, 3.63) is 0 Å². The van der Waals surface area contributed by atoms with E-state index in [-0.39, 0.29) is 35.8 Å². The number of piperidine rings is 2. The predicted molar refractivity (Wildman–Crippen MR) is 96.3 cm³/mol. The molecule has 1 aliphatic carbocycles. The summed E-state index contributed by atoms with van der Waals surface area (Å²) < 4.78 is 5.01. The van der Waals surface area contributed by atoms with Gasteiger partial charge in [-0.3, -0.25) is 9.59 Å². The maximum absolute atomic E-state index is 12.6. The lowest BCUT2D eigenvalue weighted by Gasteiger charge is -2.32. The van der Waals surface area contributed by atoms with Crippen molar-refractivity contribution in [1.29, 1.82) is 0 Å². The van der Waals surface area contributed by atoms with E-state index >= 15 is 0 Å². The molecule has 0 spiro atoms. The summed E-state index contributed by atoms with van der Waals surface area (Å²) in [7, 11) is 0. The Kier molecular flexibility index (Phi) is 6.04. The highest BCUT2D eigenvalue weighted by Gasteiger charge is 2.50. The highest BCUT2D eigenvalue weighted by molar-refractivity contribution is 5.92. The Morgan fingerprint density at radius 2 is 1.77 bits per heavy atom. The highest BCUT2D eigenvalue weighted by atomic mass is 16.6. The van der Waals surface area contributed by atoms with E-state index in [4.69, 9.17) is 4.74 Å². The van der Waals surface area contributed by atoms with E-state index in [1.807, 2.05) is 4.90 Å². The first kappa shape index (κ1) is 19.0. The number of carbonyl (C=O) groups excluding carboxylic acids is 3. The maximum Gasteiger partial charge on any atom is 0.409 e. The zero-order valence-corrected chi connectivity index (χ0v) is 15.9. The topological polar surface area (TPSA) is 79.0 Å². The van der Waals surface area contributed by atoms with Crippen molar-refractivity contribution in [2.24, 2.45) is 17.8 Å². The summed E-state index contributed by atoms with van der Waals surface area (Å²) in [4.78, 5) is 40.4. The van der Waals surface area contributed by atoms with Crippen molar-refractivity contribution in [1.82, 2.24) is 15.1 Å². The van der Waals surface area contributed by atoms with Crippen molar-refractivity contribution in [3.63, 3.8) is 0 Å². The molecule has 7 nitrogen and oxygen atoms in total. The fourth-order valence-electron chi connectivity index (χ4n) is 4.11. The molecule has 0 aromatic carbocycles. The minimum Gasteiger partial charge on any atom is -0.450 e. The summed E-state index contributed by atoms with van der Waals surface area (Å²) >= 11 is 0. The molecule has 1 N–H and O–H groups in total. The second-order valence-corrected chi connectivity index (χ2v) is 7.95. The van der Waals surface area contributed by atoms with Crippen LogP contribution in [0, 0.1) is 17.8 Å². The molecule has 2 saturated heterocycles. The summed E-state index contributed by atoms with van der Waals surface area (Å²) in [6.07, 6.45) is 4.12. The highest BCUT2D eigenvalue weighted by Crippen LogP contribution is 2.41. The molecule has 7 heteroatoms. The van der Waals surface area contributed by atoms with E-state index in [0.717, 1.165) is 32.4 Å². The molecule has 0 aromatic rings. The van der Waals surface area contributed by atoms with Crippen LogP contribution in [-0.4, -0.2) is 66.5 Å². The van der Waals surface area contributed by atoms with Gasteiger partial charge in [-0.05, 0) is 44.9 Å². The fourth-order valence-corrected chi connectivity index (χ4v) is 4.11. The van der Waals surface area contributed by atoms with Crippen molar-refractivity contribution < 1.29 is 19.1 Å². The molecule has 3 rings (SSSR count). The number of carbonyl (C=O) groups is 3. The van der Waals surface area contributed by atoms with Gasteiger partial charge in [0, 0.05) is 32.2 Å². The zero-order chi connectivity index (χ0) is 18.7. The summed E-state index contributed by atoms with van der Waals surface area (Å²) in [5.41, 5.74) is 0. The SMILES string of the molecule is CCOC(=O)N1CCC(NC(=O)C2CC2C(=O)N2CCCC(C)C2)CC1. The Hall–Kier alpha value is -1.79. The van der Waals surface area contributed by atoms with Gasteiger partial charge in [0.1, 0.15) is 0 Å². The third-order valence-electron chi connectivity index (χ3n) is 5.78. The normalized spacial score (nSPS) is 29.2. The number of hydrogen-bond donors (Lipinski definition) is 1. The van der Waals surface area contributed by atoms with Gasteiger partial charge >= 0.3 is 6.09 Å². The number of rotatable bonds is 4. The smallest absolute Gasteiger partial charge is 0.409 e. The predicted octanol–water partition coefficient (Wildman–Crippen LogP) is 1.62. The van der Waals surface area contributed by atoms with Crippen LogP contribution in [0.1, 0.15) is 46.0 Å². The average molecular weight is 365 g/mol. The minimum absolute atomic E-state index is 0.00277. The number of likely N-dealkylation sites (tertiary alicyclic amines) is 2. The Morgan fingerprint density at radius 3 is 2.42 bits per heavy atom. The standard InChI is InChI=1S/C19H31N3O4/c1-3-26-19(25)21-9-6-14(7-10-21)20-17(23)15-11-16(15)18(24)22-8-4-5-13(2)12-22/h13-16H,3-12H2,1-2H3,(H,20,23). The van der Waals surface area contributed by atoms with E-state index in [2.05, 4.69) is 12.2 Å². The number of nitrogens with one attached hydrogen (secondary N) is 1. The quantitative estimate of drug-likeness (QED) is 0.821. The van der Waals surface area contributed by atoms with Gasteiger partial charge in [0.2, 0.25) is 11.8 Å². The minimum atomic E-state index is -0.277. The first-order valence-electron chi connectivity index (χ1n) is 10.0. The lowest BCUT2D eigenvalue weighted by molar-refractivity contribution is -0.136. The van der Waals surface area contributed by atoms with Gasteiger partial charge in [0.25, 0.3) is 0 Å². The molecule has 0 radical (unpaired) electrons. The lowest BCUT2D eigenvalue weighted by atomic mass is 10.00. The van der Waals surface area contributed by atoms with E-state index < -0.39 is 0 Å². The van der Waals surface area contributed by atoms with Gasteiger partial charge in [-0.25, -0.2) is 4.79 Å². The van der Waals surface area contributed by atoms with E-state index in [1.165, 1.54) is 6.42 Å². The summed E-state index contributed by atoms with van der Waals surface area (Å²) in [6.45, 7) is 7.21. The monoisotopic (exact) mass is 365 g/mol. The van der Waals surface area contributed by atoms with Crippen molar-refractivity contribution in [2.75, 3.05) is 32.8 Å². The van der Waals surface area contributed by atoms with Crippen LogP contribution < -0.4 is 5.32 Å². The summed E-state index contributed by atoms with van der Waals surface area (Å²) in [5.74, 6) is 0.433. The molecule has 3 aliphatic rings. The van der Waals surface area contributed by atoms with Crippen molar-refractivity contribution in [2.45, 2.75) is 52.0 Å². The zero-order valence-electron chi connectivity index (χ0n) is 15.9. The van der Waals surface area contributed by atoms with Crippen LogP contribution in [0.3, 0.4) is 0 Å². The van der Waals surface area contributed by atoms with Crippen LogP contribution in [0.15, 0.2) is 0 Å². The van der Waals surface area contributed by atoms with E-state index in [9.17, 15) is 14.4 Å². The first-order valence-corrected chi connectivity index (χ1v) is 10.0. The molecule has 3 fully saturated rings. The van der Waals surface area contributed by atoms with Gasteiger partial charge in [-0.15, -0.1) is 0 Å². The molecular weight excluding hydrogens is 334 g/mol. The summed E-state index contributed by atoms with van der Waals surface area (Å²) in [5, 5.41) is 3.08. The molecule has 3 atom stereocenters. The Labute approximate surface area is 155 Å². The fraction of sp³-hybridized carbons (Fsp3) is 0.842. The molecule has 2 heterocycles. The van der Waals surface area contributed by atoms with Gasteiger partial charge < -0.3 is 19.9 Å². The van der Waals surface area contributed by atoms with Gasteiger partial charge in [0.15, 0.2) is 0 Å². The van der Waals surface area contributed by atoms with Gasteiger partial charge in [0.05, 0.1) is 18.4 Å². The average Bonchev–Trinajstić information content (AvgIpc) is 3.43. The maximum atomic E-state index is 12.6. The van der Waals surface area contributed by atoms with Crippen LogP contribution in [0.4, 0.5) is 4.79 Å². The van der Waals surface area contributed by atoms with Crippen LogP contribution in [0.2, 0.25) is 0 Å². The number of hydrogen-bond acceptors (Lipinski definition) is 4. The van der Waals surface area contributed by atoms with E-state index in [1.54, 1.807) is 11.8 Å². The van der Waals surface area contributed by atoms with Crippen molar-refractivity contribution >= 4 is 17.9 Å². The first-order chi connectivity index (χ1) is 12.5. The molecule has 3 amide bonds. The molecular formula is C19H31N3O4. The van der Waals surface area contributed by atoms with Gasteiger partial charge in [-0.1, -0.05) is 6.92 Å². The van der Waals surface area contributed by atoms with Crippen molar-refractivity contribution in [3.8, 4) is 0 Å².